The Labute approximate surface area is 162 Å². The van der Waals surface area contributed by atoms with Crippen molar-refractivity contribution in [1.82, 2.24) is 9.80 Å². The van der Waals surface area contributed by atoms with E-state index in [1.54, 1.807) is 18.2 Å². The minimum Gasteiger partial charge on any atom is -0.495 e. The van der Waals surface area contributed by atoms with Crippen LogP contribution in [0.2, 0.25) is 0 Å². The first kappa shape index (κ1) is 20.5. The van der Waals surface area contributed by atoms with Gasteiger partial charge in [-0.25, -0.2) is 8.78 Å². The number of amides is 2. The molecule has 0 spiro atoms. The van der Waals surface area contributed by atoms with Crippen LogP contribution in [0.15, 0.2) is 24.3 Å². The Kier molecular flexibility index (Phi) is 6.46. The third-order valence-electron chi connectivity index (χ3n) is 4.98. The van der Waals surface area contributed by atoms with Crippen molar-refractivity contribution in [3.8, 4) is 5.75 Å². The summed E-state index contributed by atoms with van der Waals surface area (Å²) in [6.07, 6.45) is -1.38. The molecule has 3 rings (SSSR count). The third-order valence-corrected chi connectivity index (χ3v) is 4.98. The molecule has 0 aliphatic carbocycles. The summed E-state index contributed by atoms with van der Waals surface area (Å²) in [5, 5.41) is 2.80. The van der Waals surface area contributed by atoms with Crippen LogP contribution in [0, 0.1) is 0 Å². The van der Waals surface area contributed by atoms with Crippen LogP contribution in [0.4, 0.5) is 14.5 Å². The topological polar surface area (TPSA) is 71.1 Å². The Balaban J connectivity index is 1.52. The Morgan fingerprint density at radius 3 is 2.68 bits per heavy atom. The van der Waals surface area contributed by atoms with E-state index in [0.29, 0.717) is 24.6 Å². The summed E-state index contributed by atoms with van der Waals surface area (Å²) in [6, 6.07) is 7.10. The smallest absolute Gasteiger partial charge is 0.253 e. The summed E-state index contributed by atoms with van der Waals surface area (Å²) in [6.45, 7) is 1.23. The summed E-state index contributed by atoms with van der Waals surface area (Å²) in [7, 11) is 1.53. The van der Waals surface area contributed by atoms with Gasteiger partial charge < -0.3 is 19.7 Å². The van der Waals surface area contributed by atoms with Crippen LogP contribution in [0.25, 0.3) is 0 Å². The van der Waals surface area contributed by atoms with Crippen LogP contribution in [-0.4, -0.2) is 80.1 Å². The third kappa shape index (κ3) is 5.17. The van der Waals surface area contributed by atoms with Crippen LogP contribution in [0.3, 0.4) is 0 Å². The van der Waals surface area contributed by atoms with Crippen molar-refractivity contribution in [2.75, 3.05) is 51.8 Å². The second kappa shape index (κ2) is 8.83. The fourth-order valence-electron chi connectivity index (χ4n) is 3.39. The van der Waals surface area contributed by atoms with Gasteiger partial charge in [-0.15, -0.1) is 0 Å². The summed E-state index contributed by atoms with van der Waals surface area (Å²) in [5.41, 5.74) is 0.574. The molecule has 1 atom stereocenters. The number of rotatable bonds is 5. The maximum Gasteiger partial charge on any atom is 0.253 e. The number of nitrogens with zero attached hydrogens (tertiary/aromatic N) is 2. The number of nitrogens with one attached hydrogen (secondary N) is 1. The van der Waals surface area contributed by atoms with Crippen molar-refractivity contribution in [3.05, 3.63) is 24.3 Å². The lowest BCUT2D eigenvalue weighted by atomic mass is 10.1. The van der Waals surface area contributed by atoms with Gasteiger partial charge in [-0.1, -0.05) is 12.1 Å². The van der Waals surface area contributed by atoms with Crippen LogP contribution in [0.1, 0.15) is 12.8 Å². The first-order valence-corrected chi connectivity index (χ1v) is 9.31. The standard InChI is InChI=1S/C19H25F2N3O4/c1-27-15-5-3-2-4-14(15)22-17(25)13-23-10-11-28-16(12-23)18(26)24-8-6-19(20,21)7-9-24/h2-5,16H,6-13H2,1H3,(H,22,25). The Bertz CT molecular complexity index is 706. The lowest BCUT2D eigenvalue weighted by Gasteiger charge is -2.37. The number of piperidine rings is 1. The number of carbonyl (C=O) groups is 2. The average molecular weight is 397 g/mol. The van der Waals surface area contributed by atoms with Gasteiger partial charge in [0.25, 0.3) is 11.8 Å². The van der Waals surface area contributed by atoms with E-state index in [9.17, 15) is 18.4 Å². The summed E-state index contributed by atoms with van der Waals surface area (Å²) >= 11 is 0. The number of hydrogen-bond donors (Lipinski definition) is 1. The maximum absolute atomic E-state index is 13.3. The molecule has 1 aromatic rings. The number of anilines is 1. The molecule has 0 aromatic heterocycles. The Hall–Kier alpha value is -2.26. The molecule has 2 amide bonds. The number of hydrogen-bond acceptors (Lipinski definition) is 5. The fourth-order valence-corrected chi connectivity index (χ4v) is 3.39. The number of likely N-dealkylation sites (tertiary alicyclic amines) is 1. The van der Waals surface area contributed by atoms with E-state index >= 15 is 0 Å². The molecule has 0 radical (unpaired) electrons. The van der Waals surface area contributed by atoms with Crippen molar-refractivity contribution in [2.24, 2.45) is 0 Å². The zero-order valence-electron chi connectivity index (χ0n) is 15.8. The van der Waals surface area contributed by atoms with Crippen LogP contribution in [0.5, 0.6) is 5.75 Å². The molecule has 1 aromatic carbocycles. The number of para-hydroxylation sites is 2. The van der Waals surface area contributed by atoms with E-state index in [-0.39, 0.29) is 50.8 Å². The number of carbonyl (C=O) groups excluding carboxylic acids is 2. The van der Waals surface area contributed by atoms with Crippen LogP contribution < -0.4 is 10.1 Å². The molecule has 2 aliphatic heterocycles. The lowest BCUT2D eigenvalue weighted by molar-refractivity contribution is -0.155. The molecular weight excluding hydrogens is 372 g/mol. The Morgan fingerprint density at radius 1 is 1.25 bits per heavy atom. The van der Waals surface area contributed by atoms with Crippen molar-refractivity contribution in [2.45, 2.75) is 24.9 Å². The van der Waals surface area contributed by atoms with Crippen LogP contribution in [-0.2, 0) is 14.3 Å². The molecule has 0 saturated carbocycles. The minimum atomic E-state index is -2.70. The van der Waals surface area contributed by atoms with Gasteiger partial charge in [0, 0.05) is 39.0 Å². The molecule has 7 nitrogen and oxygen atoms in total. The van der Waals surface area contributed by atoms with Gasteiger partial charge in [-0.05, 0) is 12.1 Å². The molecule has 9 heteroatoms. The molecule has 0 bridgehead atoms. The van der Waals surface area contributed by atoms with E-state index in [2.05, 4.69) is 5.32 Å². The van der Waals surface area contributed by atoms with E-state index in [1.165, 1.54) is 12.0 Å². The zero-order chi connectivity index (χ0) is 20.1. The number of alkyl halides is 2. The number of benzene rings is 1. The average Bonchev–Trinajstić information content (AvgIpc) is 2.68. The van der Waals surface area contributed by atoms with Gasteiger partial charge in [0.05, 0.1) is 25.9 Å². The monoisotopic (exact) mass is 397 g/mol. The maximum atomic E-state index is 13.3. The Morgan fingerprint density at radius 2 is 1.96 bits per heavy atom. The molecule has 2 aliphatic rings. The summed E-state index contributed by atoms with van der Waals surface area (Å²) < 4.78 is 37.3. The van der Waals surface area contributed by atoms with E-state index in [1.807, 2.05) is 11.0 Å². The fraction of sp³-hybridized carbons (Fsp3) is 0.579. The number of ether oxygens (including phenoxy) is 2. The quantitative estimate of drug-likeness (QED) is 0.817. The highest BCUT2D eigenvalue weighted by atomic mass is 19.3. The van der Waals surface area contributed by atoms with Crippen molar-refractivity contribution in [3.63, 3.8) is 0 Å². The lowest BCUT2D eigenvalue weighted by Crippen LogP contribution is -2.54. The first-order chi connectivity index (χ1) is 13.4. The van der Waals surface area contributed by atoms with Crippen molar-refractivity contribution < 1.29 is 27.8 Å². The van der Waals surface area contributed by atoms with Gasteiger partial charge in [0.2, 0.25) is 5.91 Å². The SMILES string of the molecule is COc1ccccc1NC(=O)CN1CCOC(C(=O)N2CCC(F)(F)CC2)C1. The van der Waals surface area contributed by atoms with Gasteiger partial charge >= 0.3 is 0 Å². The van der Waals surface area contributed by atoms with Crippen LogP contribution >= 0.6 is 0 Å². The number of halogens is 2. The van der Waals surface area contributed by atoms with Gasteiger partial charge in [-0.3, -0.25) is 14.5 Å². The van der Waals surface area contributed by atoms with E-state index in [4.69, 9.17) is 9.47 Å². The number of morpholine rings is 1. The predicted octanol–water partition coefficient (Wildman–Crippen LogP) is 1.59. The molecule has 1 unspecified atom stereocenters. The first-order valence-electron chi connectivity index (χ1n) is 9.31. The summed E-state index contributed by atoms with van der Waals surface area (Å²) in [4.78, 5) is 28.2. The molecule has 28 heavy (non-hydrogen) atoms. The minimum absolute atomic E-state index is 0.0278. The van der Waals surface area contributed by atoms with Crippen molar-refractivity contribution in [1.29, 1.82) is 0 Å². The number of methoxy groups -OCH3 is 1. The molecule has 1 N–H and O–H groups in total. The highest BCUT2D eigenvalue weighted by Gasteiger charge is 2.38. The predicted molar refractivity (Wildman–Crippen MR) is 98.6 cm³/mol. The van der Waals surface area contributed by atoms with Gasteiger partial charge in [0.15, 0.2) is 0 Å². The second-order valence-corrected chi connectivity index (χ2v) is 7.02. The van der Waals surface area contributed by atoms with E-state index in [0.717, 1.165) is 0 Å². The van der Waals surface area contributed by atoms with E-state index < -0.39 is 12.0 Å². The largest absolute Gasteiger partial charge is 0.495 e. The highest BCUT2D eigenvalue weighted by Crippen LogP contribution is 2.28. The van der Waals surface area contributed by atoms with Crippen molar-refractivity contribution >= 4 is 17.5 Å². The molecule has 2 saturated heterocycles. The molecule has 154 valence electrons. The second-order valence-electron chi connectivity index (χ2n) is 7.02. The van der Waals surface area contributed by atoms with Gasteiger partial charge in [-0.2, -0.15) is 0 Å². The molecule has 2 heterocycles. The molecular formula is C19H25F2N3O4. The molecule has 2 fully saturated rings. The summed E-state index contributed by atoms with van der Waals surface area (Å²) in [5.74, 6) is -2.65. The zero-order valence-corrected chi connectivity index (χ0v) is 15.8. The normalized spacial score (nSPS) is 22.5. The highest BCUT2D eigenvalue weighted by molar-refractivity contribution is 5.93. The van der Waals surface area contributed by atoms with Gasteiger partial charge in [0.1, 0.15) is 11.9 Å².